The van der Waals surface area contributed by atoms with Crippen molar-refractivity contribution in [1.82, 2.24) is 4.98 Å². The second-order valence-corrected chi connectivity index (χ2v) is 5.75. The number of hydrogen-bond acceptors (Lipinski definition) is 6. The van der Waals surface area contributed by atoms with Gasteiger partial charge in [-0.15, -0.1) is 0 Å². The van der Waals surface area contributed by atoms with E-state index in [2.05, 4.69) is 15.0 Å². The van der Waals surface area contributed by atoms with E-state index in [9.17, 15) is 18.4 Å². The summed E-state index contributed by atoms with van der Waals surface area (Å²) in [6, 6.07) is 11.1. The molecule has 0 atom stereocenters. The predicted octanol–water partition coefficient (Wildman–Crippen LogP) is 3.88. The first kappa shape index (κ1) is 20.0. The molecule has 0 aliphatic heterocycles. The predicted molar refractivity (Wildman–Crippen MR) is 101 cm³/mol. The van der Waals surface area contributed by atoms with Crippen LogP contribution in [0.3, 0.4) is 0 Å². The molecule has 0 aliphatic carbocycles. The maximum atomic E-state index is 12.8. The van der Waals surface area contributed by atoms with Crippen molar-refractivity contribution < 1.29 is 32.6 Å². The lowest BCUT2D eigenvalue weighted by Crippen LogP contribution is -2.17. The van der Waals surface area contributed by atoms with Gasteiger partial charge in [-0.3, -0.25) is 9.78 Å². The van der Waals surface area contributed by atoms with E-state index >= 15 is 0 Å². The SMILES string of the molecule is COC(=O)c1cc(OC)c(OC(F)F)cc1NC(=O)c1nccc2ccccc12. The highest BCUT2D eigenvalue weighted by Gasteiger charge is 2.22. The highest BCUT2D eigenvalue weighted by atomic mass is 19.3. The molecular weight excluding hydrogens is 386 g/mol. The van der Waals surface area contributed by atoms with E-state index < -0.39 is 18.5 Å². The Morgan fingerprint density at radius 1 is 1.07 bits per heavy atom. The van der Waals surface area contributed by atoms with Gasteiger partial charge in [0.25, 0.3) is 5.91 Å². The van der Waals surface area contributed by atoms with Crippen molar-refractivity contribution in [3.05, 3.63) is 59.9 Å². The van der Waals surface area contributed by atoms with Crippen molar-refractivity contribution in [2.24, 2.45) is 0 Å². The molecule has 0 spiro atoms. The van der Waals surface area contributed by atoms with Gasteiger partial charge in [0.2, 0.25) is 0 Å². The van der Waals surface area contributed by atoms with Crippen LogP contribution in [0.4, 0.5) is 14.5 Å². The second-order valence-electron chi connectivity index (χ2n) is 5.75. The molecule has 1 heterocycles. The zero-order valence-corrected chi connectivity index (χ0v) is 15.4. The molecule has 1 amide bonds. The molecule has 1 N–H and O–H groups in total. The summed E-state index contributed by atoms with van der Waals surface area (Å²) in [5.74, 6) is -1.91. The first-order valence-corrected chi connectivity index (χ1v) is 8.35. The van der Waals surface area contributed by atoms with Crippen LogP contribution in [0.15, 0.2) is 48.7 Å². The number of amides is 1. The fourth-order valence-electron chi connectivity index (χ4n) is 2.77. The number of aromatic nitrogens is 1. The van der Waals surface area contributed by atoms with E-state index in [1.807, 2.05) is 12.1 Å². The monoisotopic (exact) mass is 402 g/mol. The molecule has 0 fully saturated rings. The molecular formula is C20H16F2N2O5. The molecule has 3 aromatic rings. The largest absolute Gasteiger partial charge is 0.493 e. The first-order valence-electron chi connectivity index (χ1n) is 8.35. The van der Waals surface area contributed by atoms with Gasteiger partial charge in [0, 0.05) is 23.7 Å². The molecule has 2 aromatic carbocycles. The molecule has 3 rings (SSSR count). The van der Waals surface area contributed by atoms with E-state index in [1.165, 1.54) is 13.3 Å². The number of hydrogen-bond donors (Lipinski definition) is 1. The summed E-state index contributed by atoms with van der Waals surface area (Å²) in [5, 5.41) is 3.89. The fraction of sp³-hybridized carbons (Fsp3) is 0.150. The van der Waals surface area contributed by atoms with E-state index in [4.69, 9.17) is 9.47 Å². The number of esters is 1. The zero-order chi connectivity index (χ0) is 21.0. The Balaban J connectivity index is 2.06. The van der Waals surface area contributed by atoms with E-state index in [1.54, 1.807) is 18.2 Å². The van der Waals surface area contributed by atoms with Gasteiger partial charge in [-0.1, -0.05) is 24.3 Å². The summed E-state index contributed by atoms with van der Waals surface area (Å²) >= 11 is 0. The van der Waals surface area contributed by atoms with E-state index in [0.29, 0.717) is 5.39 Å². The summed E-state index contributed by atoms with van der Waals surface area (Å²) in [6.45, 7) is -3.13. The number of methoxy groups -OCH3 is 2. The number of halogens is 2. The molecule has 0 saturated heterocycles. The third-order valence-corrected chi connectivity index (χ3v) is 4.06. The molecule has 1 aromatic heterocycles. The van der Waals surface area contributed by atoms with Crippen molar-refractivity contribution in [3.63, 3.8) is 0 Å². The summed E-state index contributed by atoms with van der Waals surface area (Å²) in [6.07, 6.45) is 1.47. The Morgan fingerprint density at radius 2 is 1.83 bits per heavy atom. The lowest BCUT2D eigenvalue weighted by atomic mass is 10.1. The van der Waals surface area contributed by atoms with Crippen molar-refractivity contribution in [2.75, 3.05) is 19.5 Å². The molecule has 9 heteroatoms. The van der Waals surface area contributed by atoms with Crippen LogP contribution >= 0.6 is 0 Å². The molecule has 0 bridgehead atoms. The highest BCUT2D eigenvalue weighted by Crippen LogP contribution is 2.35. The van der Waals surface area contributed by atoms with Crippen LogP contribution in [0.2, 0.25) is 0 Å². The van der Waals surface area contributed by atoms with Crippen LogP contribution in [0.25, 0.3) is 10.8 Å². The van der Waals surface area contributed by atoms with Gasteiger partial charge in [-0.25, -0.2) is 4.79 Å². The van der Waals surface area contributed by atoms with Gasteiger partial charge in [0.05, 0.1) is 25.5 Å². The number of nitrogens with zero attached hydrogens (tertiary/aromatic N) is 1. The van der Waals surface area contributed by atoms with Gasteiger partial charge >= 0.3 is 12.6 Å². The molecule has 0 saturated carbocycles. The van der Waals surface area contributed by atoms with Crippen molar-refractivity contribution in [3.8, 4) is 11.5 Å². The van der Waals surface area contributed by atoms with Gasteiger partial charge in [0.1, 0.15) is 5.69 Å². The Bertz CT molecular complexity index is 1070. The van der Waals surface area contributed by atoms with Crippen LogP contribution in [-0.2, 0) is 4.74 Å². The first-order chi connectivity index (χ1) is 13.9. The quantitative estimate of drug-likeness (QED) is 0.630. The average Bonchev–Trinajstić information content (AvgIpc) is 2.72. The molecule has 0 radical (unpaired) electrons. The van der Waals surface area contributed by atoms with Crippen molar-refractivity contribution in [1.29, 1.82) is 0 Å². The van der Waals surface area contributed by atoms with Crippen LogP contribution in [0.5, 0.6) is 11.5 Å². The summed E-state index contributed by atoms with van der Waals surface area (Å²) in [7, 11) is 2.38. The number of anilines is 1. The normalized spacial score (nSPS) is 10.7. The van der Waals surface area contributed by atoms with Gasteiger partial charge in [-0.2, -0.15) is 8.78 Å². The molecule has 0 unspecified atom stereocenters. The zero-order valence-electron chi connectivity index (χ0n) is 15.4. The van der Waals surface area contributed by atoms with Crippen LogP contribution < -0.4 is 14.8 Å². The smallest absolute Gasteiger partial charge is 0.387 e. The average molecular weight is 402 g/mol. The second kappa shape index (κ2) is 8.51. The molecule has 7 nitrogen and oxygen atoms in total. The van der Waals surface area contributed by atoms with E-state index in [-0.39, 0.29) is 28.4 Å². The third kappa shape index (κ3) is 4.23. The van der Waals surface area contributed by atoms with Crippen LogP contribution in [0.1, 0.15) is 20.8 Å². The van der Waals surface area contributed by atoms with Gasteiger partial charge in [0.15, 0.2) is 11.5 Å². The fourth-order valence-corrected chi connectivity index (χ4v) is 2.77. The number of carbonyl (C=O) groups excluding carboxylic acids is 2. The van der Waals surface area contributed by atoms with Crippen molar-refractivity contribution in [2.45, 2.75) is 6.61 Å². The number of carbonyl (C=O) groups is 2. The minimum Gasteiger partial charge on any atom is -0.493 e. The Hall–Kier alpha value is -3.75. The Labute approximate surface area is 164 Å². The standard InChI is InChI=1S/C20H16F2N2O5/c1-27-15-9-13(19(26)28-2)14(10-16(15)29-20(21)22)24-18(25)17-12-6-4-3-5-11(12)7-8-23-17/h3-10,20H,1-2H3,(H,24,25). The maximum absolute atomic E-state index is 12.8. The molecule has 29 heavy (non-hydrogen) atoms. The van der Waals surface area contributed by atoms with E-state index in [0.717, 1.165) is 24.6 Å². The summed E-state index contributed by atoms with van der Waals surface area (Å²) in [4.78, 5) is 29.1. The number of benzene rings is 2. The van der Waals surface area contributed by atoms with Gasteiger partial charge < -0.3 is 19.5 Å². The number of ether oxygens (including phenoxy) is 3. The lowest BCUT2D eigenvalue weighted by molar-refractivity contribution is -0.0511. The highest BCUT2D eigenvalue weighted by molar-refractivity contribution is 6.13. The Kier molecular flexibility index (Phi) is 5.87. The minimum absolute atomic E-state index is 0.0898. The number of rotatable bonds is 6. The van der Waals surface area contributed by atoms with Crippen LogP contribution in [0, 0.1) is 0 Å². The topological polar surface area (TPSA) is 86.8 Å². The number of pyridine rings is 1. The lowest BCUT2D eigenvalue weighted by Gasteiger charge is -2.16. The summed E-state index contributed by atoms with van der Waals surface area (Å²) in [5.41, 5.74) is -0.0846. The molecule has 0 aliphatic rings. The third-order valence-electron chi connectivity index (χ3n) is 4.06. The Morgan fingerprint density at radius 3 is 2.52 bits per heavy atom. The van der Waals surface area contributed by atoms with Crippen LogP contribution in [-0.4, -0.2) is 37.7 Å². The number of fused-ring (bicyclic) bond motifs is 1. The number of alkyl halides is 2. The minimum atomic E-state index is -3.13. The van der Waals surface area contributed by atoms with Crippen molar-refractivity contribution >= 4 is 28.3 Å². The summed E-state index contributed by atoms with van der Waals surface area (Å²) < 4.78 is 39.6. The van der Waals surface area contributed by atoms with Gasteiger partial charge in [-0.05, 0) is 11.5 Å². The number of nitrogens with one attached hydrogen (secondary N) is 1. The molecule has 150 valence electrons. The maximum Gasteiger partial charge on any atom is 0.387 e.